The highest BCUT2D eigenvalue weighted by Crippen LogP contribution is 2.24. The van der Waals surface area contributed by atoms with Gasteiger partial charge in [0, 0.05) is 11.5 Å². The lowest BCUT2D eigenvalue weighted by Gasteiger charge is -2.27. The molecule has 1 aliphatic heterocycles. The van der Waals surface area contributed by atoms with E-state index in [0.29, 0.717) is 0 Å². The molecule has 1 unspecified atom stereocenters. The molecule has 2 rings (SSSR count). The van der Waals surface area contributed by atoms with Crippen molar-refractivity contribution in [1.29, 1.82) is 0 Å². The molecule has 148 valence electrons. The van der Waals surface area contributed by atoms with Crippen molar-refractivity contribution in [1.82, 2.24) is 10.2 Å². The quantitative estimate of drug-likeness (QED) is 0.622. The van der Waals surface area contributed by atoms with Crippen LogP contribution in [0.4, 0.5) is 9.59 Å². The average molecular weight is 379 g/mol. The van der Waals surface area contributed by atoms with E-state index in [9.17, 15) is 19.7 Å². The fourth-order valence-corrected chi connectivity index (χ4v) is 2.85. The monoisotopic (exact) mass is 379 g/mol. The zero-order valence-electron chi connectivity index (χ0n) is 15.8. The molecule has 1 saturated heterocycles. The minimum absolute atomic E-state index is 0.0106. The predicted octanol–water partition coefficient (Wildman–Crippen LogP) is 2.57. The maximum absolute atomic E-state index is 12.2. The van der Waals surface area contributed by atoms with E-state index in [2.05, 4.69) is 5.32 Å². The first kappa shape index (κ1) is 20.5. The Morgan fingerprint density at radius 3 is 2.56 bits per heavy atom. The molecule has 1 atom stereocenters. The Morgan fingerprint density at radius 1 is 1.30 bits per heavy atom. The van der Waals surface area contributed by atoms with E-state index in [0.717, 1.165) is 5.56 Å². The first-order valence-electron chi connectivity index (χ1n) is 8.67. The van der Waals surface area contributed by atoms with Crippen molar-refractivity contribution in [3.05, 3.63) is 46.0 Å². The maximum atomic E-state index is 12.2. The third-order valence-corrected chi connectivity index (χ3v) is 4.02. The summed E-state index contributed by atoms with van der Waals surface area (Å²) < 4.78 is 10.5. The summed E-state index contributed by atoms with van der Waals surface area (Å²) in [6.07, 6.45) is -1.08. The molecule has 9 nitrogen and oxygen atoms in total. The van der Waals surface area contributed by atoms with Crippen LogP contribution in [0.3, 0.4) is 0 Å². The first-order valence-corrected chi connectivity index (χ1v) is 8.67. The van der Waals surface area contributed by atoms with Crippen molar-refractivity contribution in [3.8, 4) is 0 Å². The average Bonchev–Trinajstić information content (AvgIpc) is 2.95. The van der Waals surface area contributed by atoms with Crippen molar-refractivity contribution >= 4 is 12.2 Å². The highest BCUT2D eigenvalue weighted by atomic mass is 16.6. The summed E-state index contributed by atoms with van der Waals surface area (Å²) >= 11 is 0. The van der Waals surface area contributed by atoms with Gasteiger partial charge in [0.2, 0.25) is 6.54 Å². The van der Waals surface area contributed by atoms with E-state index in [-0.39, 0.29) is 26.1 Å². The summed E-state index contributed by atoms with van der Waals surface area (Å²) in [5, 5.41) is 13.7. The van der Waals surface area contributed by atoms with Crippen LogP contribution in [-0.2, 0) is 16.1 Å². The highest BCUT2D eigenvalue weighted by molar-refractivity contribution is 5.71. The Kier molecular flexibility index (Phi) is 6.24. The number of hydrogen-bond donors (Lipinski definition) is 1. The molecule has 1 aromatic carbocycles. The topological polar surface area (TPSA) is 111 Å². The molecular weight excluding hydrogens is 354 g/mol. The lowest BCUT2D eigenvalue weighted by atomic mass is 9.99. The van der Waals surface area contributed by atoms with Gasteiger partial charge in [-0.1, -0.05) is 30.3 Å². The van der Waals surface area contributed by atoms with E-state index < -0.39 is 34.8 Å². The largest absolute Gasteiger partial charge is 0.445 e. The molecule has 0 aliphatic carbocycles. The van der Waals surface area contributed by atoms with Gasteiger partial charge in [-0.15, -0.1) is 0 Å². The molecule has 0 aromatic heterocycles. The SMILES string of the molecule is CC(C)(C)OC(=O)N1CCC(C[N+](=O)[O-])(NC(=O)OCc2ccccc2)C1. The number of amides is 2. The highest BCUT2D eigenvalue weighted by Gasteiger charge is 2.46. The smallest absolute Gasteiger partial charge is 0.410 e. The molecule has 9 heteroatoms. The summed E-state index contributed by atoms with van der Waals surface area (Å²) in [6.45, 7) is 5.01. The normalized spacial score (nSPS) is 19.4. The second kappa shape index (κ2) is 8.24. The van der Waals surface area contributed by atoms with Gasteiger partial charge >= 0.3 is 12.2 Å². The van der Waals surface area contributed by atoms with Gasteiger partial charge in [-0.05, 0) is 32.8 Å². The summed E-state index contributed by atoms with van der Waals surface area (Å²) in [5.74, 6) is 0. The van der Waals surface area contributed by atoms with E-state index in [1.54, 1.807) is 32.9 Å². The third kappa shape index (κ3) is 6.43. The molecule has 1 N–H and O–H groups in total. The second-order valence-electron chi connectivity index (χ2n) is 7.61. The van der Waals surface area contributed by atoms with Gasteiger partial charge in [0.15, 0.2) is 0 Å². The standard InChI is InChI=1S/C18H25N3O6/c1-17(2,3)27-16(23)20-10-9-18(12-20,13-21(24)25)19-15(22)26-11-14-7-5-4-6-8-14/h4-8H,9-13H2,1-3H3,(H,19,22). The molecule has 1 fully saturated rings. The Hall–Kier alpha value is -2.84. The Labute approximate surface area is 157 Å². The Bertz CT molecular complexity index is 688. The molecule has 2 amide bonds. The summed E-state index contributed by atoms with van der Waals surface area (Å²) in [5.41, 5.74) is -1.06. The van der Waals surface area contributed by atoms with Crippen molar-refractivity contribution in [2.45, 2.75) is 44.9 Å². The number of nitrogens with one attached hydrogen (secondary N) is 1. The predicted molar refractivity (Wildman–Crippen MR) is 96.8 cm³/mol. The number of ether oxygens (including phenoxy) is 2. The van der Waals surface area contributed by atoms with Crippen LogP contribution in [0.1, 0.15) is 32.8 Å². The van der Waals surface area contributed by atoms with Gasteiger partial charge in [-0.25, -0.2) is 9.59 Å². The number of carbonyl (C=O) groups is 2. The zero-order valence-corrected chi connectivity index (χ0v) is 15.8. The fourth-order valence-electron chi connectivity index (χ4n) is 2.85. The minimum Gasteiger partial charge on any atom is -0.445 e. The number of hydrogen-bond acceptors (Lipinski definition) is 6. The molecule has 0 spiro atoms. The second-order valence-corrected chi connectivity index (χ2v) is 7.61. The van der Waals surface area contributed by atoms with Crippen LogP contribution >= 0.6 is 0 Å². The molecular formula is C18H25N3O6. The third-order valence-electron chi connectivity index (χ3n) is 4.02. The number of carbonyl (C=O) groups excluding carboxylic acids is 2. The number of nitro groups is 1. The molecule has 27 heavy (non-hydrogen) atoms. The van der Waals surface area contributed by atoms with Crippen LogP contribution in [-0.4, -0.2) is 52.8 Å². The summed E-state index contributed by atoms with van der Waals surface area (Å²) in [6, 6.07) is 9.10. The molecule has 0 saturated carbocycles. The Morgan fingerprint density at radius 2 is 1.96 bits per heavy atom. The number of rotatable bonds is 5. The van der Waals surface area contributed by atoms with E-state index in [1.165, 1.54) is 4.90 Å². The van der Waals surface area contributed by atoms with E-state index in [4.69, 9.17) is 9.47 Å². The van der Waals surface area contributed by atoms with E-state index in [1.807, 2.05) is 18.2 Å². The molecule has 0 bridgehead atoms. The van der Waals surface area contributed by atoms with Crippen LogP contribution in [0.25, 0.3) is 0 Å². The van der Waals surface area contributed by atoms with Crippen LogP contribution in [0, 0.1) is 10.1 Å². The van der Waals surface area contributed by atoms with Crippen LogP contribution in [0.2, 0.25) is 0 Å². The fraction of sp³-hybridized carbons (Fsp3) is 0.556. The maximum Gasteiger partial charge on any atom is 0.410 e. The van der Waals surface area contributed by atoms with Gasteiger partial charge in [-0.2, -0.15) is 0 Å². The number of likely N-dealkylation sites (tertiary alicyclic amines) is 1. The summed E-state index contributed by atoms with van der Waals surface area (Å²) in [4.78, 5) is 36.4. The molecule has 0 radical (unpaired) electrons. The lowest BCUT2D eigenvalue weighted by molar-refractivity contribution is -0.489. The lowest BCUT2D eigenvalue weighted by Crippen LogP contribution is -2.55. The first-order chi connectivity index (χ1) is 12.6. The van der Waals surface area contributed by atoms with Crippen molar-refractivity contribution < 1.29 is 24.0 Å². The van der Waals surface area contributed by atoms with Crippen LogP contribution < -0.4 is 5.32 Å². The zero-order chi connectivity index (χ0) is 20.1. The van der Waals surface area contributed by atoms with Crippen molar-refractivity contribution in [2.75, 3.05) is 19.6 Å². The van der Waals surface area contributed by atoms with Crippen LogP contribution in [0.15, 0.2) is 30.3 Å². The minimum atomic E-state index is -1.19. The molecule has 1 aliphatic rings. The molecule has 1 heterocycles. The van der Waals surface area contributed by atoms with Gasteiger partial charge in [0.25, 0.3) is 0 Å². The van der Waals surface area contributed by atoms with E-state index >= 15 is 0 Å². The number of benzene rings is 1. The summed E-state index contributed by atoms with van der Waals surface area (Å²) in [7, 11) is 0. The number of nitrogens with zero attached hydrogens (tertiary/aromatic N) is 2. The van der Waals surface area contributed by atoms with Gasteiger partial charge in [-0.3, -0.25) is 10.1 Å². The van der Waals surface area contributed by atoms with Gasteiger partial charge in [0.05, 0.1) is 6.54 Å². The van der Waals surface area contributed by atoms with Crippen molar-refractivity contribution in [3.63, 3.8) is 0 Å². The van der Waals surface area contributed by atoms with Crippen molar-refractivity contribution in [2.24, 2.45) is 0 Å². The van der Waals surface area contributed by atoms with Gasteiger partial charge < -0.3 is 19.7 Å². The van der Waals surface area contributed by atoms with Crippen LogP contribution in [0.5, 0.6) is 0 Å². The van der Waals surface area contributed by atoms with Gasteiger partial charge in [0.1, 0.15) is 17.7 Å². The number of alkyl carbamates (subject to hydrolysis) is 1. The Balaban J connectivity index is 1.99. The molecule has 1 aromatic rings.